The SMILES string of the molecule is CCC1(OC(=O)COC(=O)C(C)(O)C(F)(F)F)CCC(OC(=O)C(C)(C)CC)CC1. The largest absolute Gasteiger partial charge is 0.462 e. The standard InChI is InChI=1S/C20H31F3O7/c1-6-17(3,4)15(25)29-13-8-10-19(7-2,11-9-13)30-14(24)12-28-16(26)18(5,27)20(21,22)23/h13,27H,6-12H2,1-5H3. The molecule has 0 radical (unpaired) electrons. The van der Waals surface area contributed by atoms with E-state index in [4.69, 9.17) is 9.47 Å². The molecule has 0 saturated heterocycles. The molecule has 1 rings (SSSR count). The molecule has 1 N–H and O–H groups in total. The zero-order valence-corrected chi connectivity index (χ0v) is 18.1. The fourth-order valence-electron chi connectivity index (χ4n) is 2.87. The number of carbonyl (C=O) groups is 3. The topological polar surface area (TPSA) is 99.1 Å². The number of ether oxygens (including phenoxy) is 3. The average molecular weight is 440 g/mol. The minimum Gasteiger partial charge on any atom is -0.462 e. The number of alkyl halides is 3. The summed E-state index contributed by atoms with van der Waals surface area (Å²) in [4.78, 5) is 35.7. The van der Waals surface area contributed by atoms with Crippen molar-refractivity contribution in [1.82, 2.24) is 0 Å². The molecular formula is C20H31F3O7. The Morgan fingerprint density at radius 2 is 1.57 bits per heavy atom. The molecule has 1 aliphatic rings. The quantitative estimate of drug-likeness (QED) is 0.456. The van der Waals surface area contributed by atoms with Gasteiger partial charge in [0, 0.05) is 0 Å². The monoisotopic (exact) mass is 440 g/mol. The van der Waals surface area contributed by atoms with Gasteiger partial charge >= 0.3 is 24.1 Å². The van der Waals surface area contributed by atoms with Gasteiger partial charge < -0.3 is 19.3 Å². The molecule has 0 aliphatic heterocycles. The Morgan fingerprint density at radius 1 is 1.03 bits per heavy atom. The van der Waals surface area contributed by atoms with Crippen molar-refractivity contribution in [2.24, 2.45) is 5.41 Å². The molecular weight excluding hydrogens is 409 g/mol. The van der Waals surface area contributed by atoms with Crippen LogP contribution >= 0.6 is 0 Å². The van der Waals surface area contributed by atoms with E-state index in [0.717, 1.165) is 0 Å². The zero-order valence-electron chi connectivity index (χ0n) is 18.1. The summed E-state index contributed by atoms with van der Waals surface area (Å²) in [5.74, 6) is -3.28. The Balaban J connectivity index is 2.59. The summed E-state index contributed by atoms with van der Waals surface area (Å²) < 4.78 is 53.1. The lowest BCUT2D eigenvalue weighted by atomic mass is 9.81. The van der Waals surface area contributed by atoms with E-state index in [2.05, 4.69) is 4.74 Å². The third-order valence-electron chi connectivity index (χ3n) is 5.80. The van der Waals surface area contributed by atoms with Crippen LogP contribution < -0.4 is 0 Å². The first-order valence-electron chi connectivity index (χ1n) is 9.99. The van der Waals surface area contributed by atoms with E-state index in [0.29, 0.717) is 38.5 Å². The van der Waals surface area contributed by atoms with Crippen LogP contribution in [0.5, 0.6) is 0 Å². The summed E-state index contributed by atoms with van der Waals surface area (Å²) in [6.07, 6.45) is -2.74. The van der Waals surface area contributed by atoms with E-state index in [9.17, 15) is 32.7 Å². The van der Waals surface area contributed by atoms with Crippen molar-refractivity contribution < 1.29 is 46.9 Å². The lowest BCUT2D eigenvalue weighted by Gasteiger charge is -2.39. The highest BCUT2D eigenvalue weighted by molar-refractivity contribution is 5.82. The Bertz CT molecular complexity index is 633. The van der Waals surface area contributed by atoms with Crippen LogP contribution in [0.3, 0.4) is 0 Å². The number of carbonyl (C=O) groups excluding carboxylic acids is 3. The van der Waals surface area contributed by atoms with Gasteiger partial charge in [0.25, 0.3) is 5.60 Å². The van der Waals surface area contributed by atoms with Gasteiger partial charge in [-0.2, -0.15) is 13.2 Å². The van der Waals surface area contributed by atoms with Gasteiger partial charge in [-0.25, -0.2) is 9.59 Å². The number of halogens is 3. The molecule has 0 spiro atoms. The zero-order chi connectivity index (χ0) is 23.4. The first kappa shape index (κ1) is 26.2. The molecule has 0 aromatic carbocycles. The Morgan fingerprint density at radius 3 is 2.00 bits per heavy atom. The number of esters is 3. The average Bonchev–Trinajstić information content (AvgIpc) is 2.66. The van der Waals surface area contributed by atoms with Crippen LogP contribution in [0, 0.1) is 5.41 Å². The van der Waals surface area contributed by atoms with Crippen LogP contribution in [0.15, 0.2) is 0 Å². The minimum absolute atomic E-state index is 0.247. The molecule has 7 nitrogen and oxygen atoms in total. The first-order chi connectivity index (χ1) is 13.6. The Hall–Kier alpha value is -1.84. The van der Waals surface area contributed by atoms with Gasteiger partial charge in [-0.3, -0.25) is 4.79 Å². The van der Waals surface area contributed by atoms with E-state index < -0.39 is 41.3 Å². The van der Waals surface area contributed by atoms with E-state index >= 15 is 0 Å². The second-order valence-electron chi connectivity index (χ2n) is 8.50. The fraction of sp³-hybridized carbons (Fsp3) is 0.850. The van der Waals surface area contributed by atoms with Crippen molar-refractivity contribution in [2.75, 3.05) is 6.61 Å². The van der Waals surface area contributed by atoms with E-state index in [1.165, 1.54) is 0 Å². The van der Waals surface area contributed by atoms with Crippen LogP contribution in [-0.4, -0.2) is 53.1 Å². The summed E-state index contributed by atoms with van der Waals surface area (Å²) in [5.41, 5.74) is -5.18. The van der Waals surface area contributed by atoms with Crippen molar-refractivity contribution in [3.8, 4) is 0 Å². The molecule has 1 atom stereocenters. The van der Waals surface area contributed by atoms with Gasteiger partial charge in [0.15, 0.2) is 6.61 Å². The maximum absolute atomic E-state index is 12.6. The van der Waals surface area contributed by atoms with E-state index in [1.54, 1.807) is 20.8 Å². The van der Waals surface area contributed by atoms with Crippen molar-refractivity contribution in [2.45, 2.75) is 96.6 Å². The predicted octanol–water partition coefficient (Wildman–Crippen LogP) is 3.46. The Kier molecular flexibility index (Phi) is 8.32. The van der Waals surface area contributed by atoms with Gasteiger partial charge in [0.05, 0.1) is 5.41 Å². The normalized spacial score (nSPS) is 24.5. The molecule has 174 valence electrons. The number of hydrogen-bond acceptors (Lipinski definition) is 7. The molecule has 0 heterocycles. The number of aliphatic hydroxyl groups is 1. The molecule has 0 amide bonds. The van der Waals surface area contributed by atoms with Crippen LogP contribution in [0.1, 0.15) is 73.1 Å². The van der Waals surface area contributed by atoms with Crippen LogP contribution in [0.25, 0.3) is 0 Å². The lowest BCUT2D eigenvalue weighted by Crippen LogP contribution is -2.51. The summed E-state index contributed by atoms with van der Waals surface area (Å²) in [6, 6.07) is 0. The van der Waals surface area contributed by atoms with Gasteiger partial charge in [-0.15, -0.1) is 0 Å². The maximum Gasteiger partial charge on any atom is 0.427 e. The van der Waals surface area contributed by atoms with Crippen LogP contribution in [0.4, 0.5) is 13.2 Å². The van der Waals surface area contributed by atoms with Crippen molar-refractivity contribution in [3.05, 3.63) is 0 Å². The highest BCUT2D eigenvalue weighted by Crippen LogP contribution is 2.37. The number of rotatable bonds is 8. The van der Waals surface area contributed by atoms with E-state index in [1.807, 2.05) is 6.92 Å². The van der Waals surface area contributed by atoms with Crippen molar-refractivity contribution >= 4 is 17.9 Å². The molecule has 1 saturated carbocycles. The third kappa shape index (κ3) is 6.33. The van der Waals surface area contributed by atoms with Crippen LogP contribution in [-0.2, 0) is 28.6 Å². The molecule has 30 heavy (non-hydrogen) atoms. The molecule has 1 unspecified atom stereocenters. The molecule has 0 aromatic heterocycles. The second kappa shape index (κ2) is 9.53. The number of hydrogen-bond donors (Lipinski definition) is 1. The smallest absolute Gasteiger partial charge is 0.427 e. The lowest BCUT2D eigenvalue weighted by molar-refractivity contribution is -0.257. The van der Waals surface area contributed by atoms with Crippen molar-refractivity contribution in [3.63, 3.8) is 0 Å². The van der Waals surface area contributed by atoms with Gasteiger partial charge in [0.1, 0.15) is 11.7 Å². The van der Waals surface area contributed by atoms with E-state index in [-0.39, 0.29) is 19.0 Å². The molecule has 10 heteroatoms. The van der Waals surface area contributed by atoms with Crippen molar-refractivity contribution in [1.29, 1.82) is 0 Å². The molecule has 1 aliphatic carbocycles. The van der Waals surface area contributed by atoms with Crippen LogP contribution in [0.2, 0.25) is 0 Å². The molecule has 0 aromatic rings. The highest BCUT2D eigenvalue weighted by atomic mass is 19.4. The fourth-order valence-corrected chi connectivity index (χ4v) is 2.87. The summed E-state index contributed by atoms with van der Waals surface area (Å²) in [6.45, 7) is 6.48. The summed E-state index contributed by atoms with van der Waals surface area (Å²) >= 11 is 0. The summed E-state index contributed by atoms with van der Waals surface area (Å²) in [7, 11) is 0. The van der Waals surface area contributed by atoms with Gasteiger partial charge in [-0.05, 0) is 59.3 Å². The molecule has 0 bridgehead atoms. The predicted molar refractivity (Wildman–Crippen MR) is 99.2 cm³/mol. The highest BCUT2D eigenvalue weighted by Gasteiger charge is 2.57. The van der Waals surface area contributed by atoms with Gasteiger partial charge in [-0.1, -0.05) is 13.8 Å². The maximum atomic E-state index is 12.6. The van der Waals surface area contributed by atoms with Gasteiger partial charge in [0.2, 0.25) is 0 Å². The minimum atomic E-state index is -5.24. The molecule has 1 fully saturated rings. The Labute approximate surface area is 174 Å². The third-order valence-corrected chi connectivity index (χ3v) is 5.80. The second-order valence-corrected chi connectivity index (χ2v) is 8.50. The summed E-state index contributed by atoms with van der Waals surface area (Å²) in [5, 5.41) is 9.23. The first-order valence-corrected chi connectivity index (χ1v) is 9.99.